The number of nitrogens with one attached hydrogen (secondary N) is 2. The molecule has 0 atom stereocenters. The number of amides is 1. The fourth-order valence-electron chi connectivity index (χ4n) is 2.91. The highest BCUT2D eigenvalue weighted by atomic mass is 35.5. The van der Waals surface area contributed by atoms with Gasteiger partial charge in [0.05, 0.1) is 5.69 Å². The van der Waals surface area contributed by atoms with Gasteiger partial charge in [-0.3, -0.25) is 9.52 Å². The summed E-state index contributed by atoms with van der Waals surface area (Å²) >= 11 is 6.13. The molecule has 2 heterocycles. The molecule has 7 nitrogen and oxygen atoms in total. The fraction of sp³-hybridized carbons (Fsp3) is 0.150. The lowest BCUT2D eigenvalue weighted by atomic mass is 9.99. The number of anilines is 2. The minimum absolute atomic E-state index is 0.0554. The standard InChI is InChI=1S/C20H17ClF2N4O3S/c1-10-8-24-18(26-12(3)28)7-14(10)15-9-25-20(21)19(11(15)2)27-31(29,30)17-5-4-13(22)6-16(17)23/h4-9,27H,1-3H3,(H,24,26,28). The number of halogens is 3. The van der Waals surface area contributed by atoms with E-state index in [1.807, 2.05) is 0 Å². The second-order valence-corrected chi connectivity index (χ2v) is 8.72. The van der Waals surface area contributed by atoms with E-state index in [1.54, 1.807) is 26.1 Å². The lowest BCUT2D eigenvalue weighted by Crippen LogP contribution is -2.16. The van der Waals surface area contributed by atoms with Gasteiger partial charge in [-0.05, 0) is 48.7 Å². The van der Waals surface area contributed by atoms with E-state index < -0.39 is 26.6 Å². The summed E-state index contributed by atoms with van der Waals surface area (Å²) < 4.78 is 54.9. The maximum atomic E-state index is 14.0. The molecular weight excluding hydrogens is 450 g/mol. The number of benzene rings is 1. The van der Waals surface area contributed by atoms with Crippen LogP contribution in [0.5, 0.6) is 0 Å². The maximum Gasteiger partial charge on any atom is 0.264 e. The topological polar surface area (TPSA) is 101 Å². The Morgan fingerprint density at radius 1 is 1.06 bits per heavy atom. The van der Waals surface area contributed by atoms with Crippen molar-refractivity contribution >= 4 is 39.0 Å². The summed E-state index contributed by atoms with van der Waals surface area (Å²) in [5, 5.41) is 2.43. The van der Waals surface area contributed by atoms with Gasteiger partial charge in [-0.25, -0.2) is 27.2 Å². The van der Waals surface area contributed by atoms with Gasteiger partial charge < -0.3 is 5.32 Å². The molecule has 0 aliphatic rings. The third-order valence-corrected chi connectivity index (χ3v) is 6.08. The number of carbonyl (C=O) groups is 1. The van der Waals surface area contributed by atoms with Crippen LogP contribution in [-0.4, -0.2) is 24.3 Å². The highest BCUT2D eigenvalue weighted by Gasteiger charge is 2.23. The average molecular weight is 467 g/mol. The molecule has 0 fully saturated rings. The number of aryl methyl sites for hydroxylation is 1. The second kappa shape index (κ2) is 8.56. The molecule has 162 valence electrons. The Labute approximate surface area is 182 Å². The molecule has 31 heavy (non-hydrogen) atoms. The number of rotatable bonds is 5. The first-order valence-electron chi connectivity index (χ1n) is 8.87. The summed E-state index contributed by atoms with van der Waals surface area (Å²) in [7, 11) is -4.42. The zero-order valence-electron chi connectivity index (χ0n) is 16.6. The number of nitrogens with zero attached hydrogens (tertiary/aromatic N) is 2. The predicted molar refractivity (Wildman–Crippen MR) is 113 cm³/mol. The van der Waals surface area contributed by atoms with E-state index in [1.165, 1.54) is 13.1 Å². The maximum absolute atomic E-state index is 14.0. The molecule has 0 unspecified atom stereocenters. The third-order valence-electron chi connectivity index (χ3n) is 4.41. The molecule has 3 aromatic rings. The molecular formula is C20H17ClF2N4O3S. The van der Waals surface area contributed by atoms with Crippen molar-refractivity contribution in [3.05, 3.63) is 64.6 Å². The Morgan fingerprint density at radius 3 is 2.42 bits per heavy atom. The Kier molecular flexibility index (Phi) is 6.23. The minimum atomic E-state index is -4.42. The quantitative estimate of drug-likeness (QED) is 0.541. The van der Waals surface area contributed by atoms with Crippen molar-refractivity contribution in [3.8, 4) is 11.1 Å². The summed E-state index contributed by atoms with van der Waals surface area (Å²) in [6, 6.07) is 3.75. The number of carbonyl (C=O) groups excluding carboxylic acids is 1. The molecule has 2 aromatic heterocycles. The van der Waals surface area contributed by atoms with E-state index in [-0.39, 0.29) is 16.7 Å². The number of aromatic nitrogens is 2. The van der Waals surface area contributed by atoms with Crippen molar-refractivity contribution in [2.45, 2.75) is 25.7 Å². The summed E-state index contributed by atoms with van der Waals surface area (Å²) in [5.74, 6) is -2.14. The SMILES string of the molecule is CC(=O)Nc1cc(-c2cnc(Cl)c(NS(=O)(=O)c3ccc(F)cc3F)c2C)c(C)cn1. The minimum Gasteiger partial charge on any atom is -0.311 e. The third kappa shape index (κ3) is 4.80. The van der Waals surface area contributed by atoms with Crippen molar-refractivity contribution in [2.24, 2.45) is 0 Å². The summed E-state index contributed by atoms with van der Waals surface area (Å²) in [4.78, 5) is 18.8. The van der Waals surface area contributed by atoms with Crippen molar-refractivity contribution in [2.75, 3.05) is 10.0 Å². The second-order valence-electron chi connectivity index (χ2n) is 6.71. The van der Waals surface area contributed by atoms with E-state index in [0.29, 0.717) is 28.6 Å². The highest BCUT2D eigenvalue weighted by Crippen LogP contribution is 2.35. The van der Waals surface area contributed by atoms with Gasteiger partial charge in [0.1, 0.15) is 22.3 Å². The van der Waals surface area contributed by atoms with Crippen LogP contribution in [0.15, 0.2) is 41.6 Å². The van der Waals surface area contributed by atoms with Crippen LogP contribution in [-0.2, 0) is 14.8 Å². The number of hydrogen-bond donors (Lipinski definition) is 2. The van der Waals surface area contributed by atoms with Crippen LogP contribution in [0.4, 0.5) is 20.3 Å². The van der Waals surface area contributed by atoms with Gasteiger partial charge in [0, 0.05) is 30.9 Å². The van der Waals surface area contributed by atoms with E-state index in [9.17, 15) is 22.0 Å². The summed E-state index contributed by atoms with van der Waals surface area (Å²) in [6.07, 6.45) is 3.00. The molecule has 0 saturated carbocycles. The van der Waals surface area contributed by atoms with Gasteiger partial charge in [0.15, 0.2) is 5.15 Å². The van der Waals surface area contributed by atoms with Crippen molar-refractivity contribution in [3.63, 3.8) is 0 Å². The van der Waals surface area contributed by atoms with Crippen molar-refractivity contribution < 1.29 is 22.0 Å². The number of hydrogen-bond acceptors (Lipinski definition) is 5. The molecule has 0 saturated heterocycles. The monoisotopic (exact) mass is 466 g/mol. The summed E-state index contributed by atoms with van der Waals surface area (Å²) in [6.45, 7) is 4.74. The first kappa shape index (κ1) is 22.6. The lowest BCUT2D eigenvalue weighted by Gasteiger charge is -2.17. The summed E-state index contributed by atoms with van der Waals surface area (Å²) in [5.41, 5.74) is 2.25. The first-order valence-corrected chi connectivity index (χ1v) is 10.7. The largest absolute Gasteiger partial charge is 0.311 e. The molecule has 0 spiro atoms. The molecule has 0 aliphatic carbocycles. The molecule has 0 aliphatic heterocycles. The Hall–Kier alpha value is -3.11. The van der Waals surface area contributed by atoms with Crippen LogP contribution in [0.2, 0.25) is 5.15 Å². The van der Waals surface area contributed by atoms with E-state index >= 15 is 0 Å². The Morgan fingerprint density at radius 2 is 1.77 bits per heavy atom. The van der Waals surface area contributed by atoms with Crippen LogP contribution in [0.1, 0.15) is 18.1 Å². The van der Waals surface area contributed by atoms with E-state index in [4.69, 9.17) is 11.6 Å². The smallest absolute Gasteiger partial charge is 0.264 e. The van der Waals surface area contributed by atoms with Gasteiger partial charge in [-0.15, -0.1) is 0 Å². The van der Waals surface area contributed by atoms with Crippen molar-refractivity contribution in [1.82, 2.24) is 9.97 Å². The normalized spacial score (nSPS) is 11.3. The predicted octanol–water partition coefficient (Wildman–Crippen LogP) is 4.45. The molecule has 11 heteroatoms. The highest BCUT2D eigenvalue weighted by molar-refractivity contribution is 7.92. The van der Waals surface area contributed by atoms with E-state index in [0.717, 1.165) is 17.7 Å². The lowest BCUT2D eigenvalue weighted by molar-refractivity contribution is -0.114. The molecule has 3 rings (SSSR count). The van der Waals surface area contributed by atoms with Gasteiger partial charge in [0.25, 0.3) is 10.0 Å². The number of pyridine rings is 2. The molecule has 0 radical (unpaired) electrons. The molecule has 2 N–H and O–H groups in total. The Bertz CT molecular complexity index is 1300. The van der Waals surface area contributed by atoms with Crippen LogP contribution >= 0.6 is 11.6 Å². The van der Waals surface area contributed by atoms with Crippen LogP contribution in [0, 0.1) is 25.5 Å². The van der Waals surface area contributed by atoms with Gasteiger partial charge in [-0.1, -0.05) is 11.6 Å². The van der Waals surface area contributed by atoms with Crippen molar-refractivity contribution in [1.29, 1.82) is 0 Å². The van der Waals surface area contributed by atoms with Gasteiger partial charge in [-0.2, -0.15) is 0 Å². The van der Waals surface area contributed by atoms with Crippen LogP contribution in [0.25, 0.3) is 11.1 Å². The zero-order valence-corrected chi connectivity index (χ0v) is 18.2. The molecule has 1 amide bonds. The fourth-order valence-corrected chi connectivity index (χ4v) is 4.39. The van der Waals surface area contributed by atoms with Crippen LogP contribution in [0.3, 0.4) is 0 Å². The van der Waals surface area contributed by atoms with E-state index in [2.05, 4.69) is 20.0 Å². The number of sulfonamides is 1. The first-order chi connectivity index (χ1) is 14.5. The average Bonchev–Trinajstić information content (AvgIpc) is 2.66. The molecule has 1 aromatic carbocycles. The Balaban J connectivity index is 2.09. The zero-order chi connectivity index (χ0) is 22.9. The van der Waals surface area contributed by atoms with Crippen LogP contribution < -0.4 is 10.0 Å². The molecule has 0 bridgehead atoms. The van der Waals surface area contributed by atoms with Gasteiger partial charge in [0.2, 0.25) is 5.91 Å². The van der Waals surface area contributed by atoms with Gasteiger partial charge >= 0.3 is 0 Å².